The lowest BCUT2D eigenvalue weighted by Gasteiger charge is -2.17. The van der Waals surface area contributed by atoms with Crippen LogP contribution in [0.5, 0.6) is 0 Å². The number of pyridine rings is 1. The van der Waals surface area contributed by atoms with E-state index in [-0.39, 0.29) is 6.42 Å². The molecule has 1 atom stereocenters. The van der Waals surface area contributed by atoms with Crippen molar-refractivity contribution in [1.82, 2.24) is 10.3 Å². The largest absolute Gasteiger partial charge is 0.467 e. The van der Waals surface area contributed by atoms with Gasteiger partial charge in [-0.25, -0.2) is 4.79 Å². The Balaban J connectivity index is 1.82. The Morgan fingerprint density at radius 1 is 1.15 bits per heavy atom. The summed E-state index contributed by atoms with van der Waals surface area (Å²) in [4.78, 5) is 29.1. The Hall–Kier alpha value is -2.63. The van der Waals surface area contributed by atoms with E-state index in [1.807, 2.05) is 24.3 Å². The van der Waals surface area contributed by atoms with Crippen LogP contribution in [0.3, 0.4) is 0 Å². The number of aromatic nitrogens is 1. The second-order valence-electron chi connectivity index (χ2n) is 5.91. The molecule has 7 heteroatoms. The zero-order valence-electron chi connectivity index (χ0n) is 14.4. The normalized spacial score (nSPS) is 11.8. The molecule has 1 aromatic heterocycles. The van der Waals surface area contributed by atoms with Gasteiger partial charge in [0.15, 0.2) is 0 Å². The number of methoxy groups -OCH3 is 1. The zero-order chi connectivity index (χ0) is 19.4. The molecular weight excluding hydrogens is 387 g/mol. The minimum atomic E-state index is -0.896. The molecule has 0 radical (unpaired) electrons. The number of halogens is 2. The van der Waals surface area contributed by atoms with E-state index in [9.17, 15) is 9.59 Å². The summed E-state index contributed by atoms with van der Waals surface area (Å²) in [6.07, 6.45) is 1.65. The summed E-state index contributed by atoms with van der Waals surface area (Å²) in [6, 6.07) is 13.3. The highest BCUT2D eigenvalue weighted by molar-refractivity contribution is 6.35. The van der Waals surface area contributed by atoms with Crippen molar-refractivity contribution in [3.8, 4) is 0 Å². The van der Waals surface area contributed by atoms with Gasteiger partial charge < -0.3 is 10.1 Å². The number of carbonyl (C=O) groups is 2. The van der Waals surface area contributed by atoms with Gasteiger partial charge >= 0.3 is 5.97 Å². The molecule has 0 aliphatic carbocycles. The molecule has 138 valence electrons. The number of benzene rings is 2. The molecule has 0 saturated carbocycles. The van der Waals surface area contributed by atoms with Crippen LogP contribution in [0.2, 0.25) is 10.0 Å². The van der Waals surface area contributed by atoms with E-state index >= 15 is 0 Å². The molecule has 0 unspecified atom stereocenters. The number of nitrogens with one attached hydrogen (secondary N) is 1. The third-order valence-electron chi connectivity index (χ3n) is 4.08. The standard InChI is InChI=1S/C20H16Cl2N2O3/c1-27-20(26)18(9-12-6-7-15(21)10-16(12)22)24-19(25)14-8-13-4-2-3-5-17(13)23-11-14/h2-8,10-11,18H,9H2,1H3,(H,24,25)/t18-/m1/s1. The van der Waals surface area contributed by atoms with Crippen molar-refractivity contribution in [2.75, 3.05) is 7.11 Å². The number of esters is 1. The molecular formula is C20H16Cl2N2O3. The maximum atomic E-state index is 12.6. The monoisotopic (exact) mass is 402 g/mol. The van der Waals surface area contributed by atoms with Gasteiger partial charge in [-0.05, 0) is 29.8 Å². The maximum Gasteiger partial charge on any atom is 0.328 e. The van der Waals surface area contributed by atoms with Gasteiger partial charge in [-0.15, -0.1) is 0 Å². The number of para-hydroxylation sites is 1. The molecule has 0 bridgehead atoms. The lowest BCUT2D eigenvalue weighted by atomic mass is 10.1. The molecule has 0 aliphatic rings. The van der Waals surface area contributed by atoms with Crippen molar-refractivity contribution in [2.45, 2.75) is 12.5 Å². The number of nitrogens with zero attached hydrogens (tertiary/aromatic N) is 1. The van der Waals surface area contributed by atoms with E-state index in [0.29, 0.717) is 21.2 Å². The van der Waals surface area contributed by atoms with Crippen LogP contribution in [0.25, 0.3) is 10.9 Å². The van der Waals surface area contributed by atoms with Crippen LogP contribution in [0.1, 0.15) is 15.9 Å². The molecule has 27 heavy (non-hydrogen) atoms. The van der Waals surface area contributed by atoms with E-state index in [4.69, 9.17) is 27.9 Å². The van der Waals surface area contributed by atoms with Crippen LogP contribution in [0.4, 0.5) is 0 Å². The SMILES string of the molecule is COC(=O)[C@@H](Cc1ccc(Cl)cc1Cl)NC(=O)c1cnc2ccccc2c1. The number of rotatable bonds is 5. The van der Waals surface area contributed by atoms with Crippen molar-refractivity contribution in [3.05, 3.63) is 75.9 Å². The van der Waals surface area contributed by atoms with Gasteiger partial charge in [0.05, 0.1) is 18.2 Å². The highest BCUT2D eigenvalue weighted by Gasteiger charge is 2.24. The Bertz CT molecular complexity index is 1010. The summed E-state index contributed by atoms with van der Waals surface area (Å²) in [7, 11) is 1.27. The first-order chi connectivity index (χ1) is 13.0. The van der Waals surface area contributed by atoms with E-state index in [2.05, 4.69) is 10.3 Å². The van der Waals surface area contributed by atoms with E-state index in [0.717, 1.165) is 10.9 Å². The summed E-state index contributed by atoms with van der Waals surface area (Å²) in [6.45, 7) is 0. The molecule has 0 spiro atoms. The quantitative estimate of drug-likeness (QED) is 0.653. The molecule has 2 aromatic carbocycles. The van der Waals surface area contributed by atoms with Gasteiger partial charge in [0.25, 0.3) is 5.91 Å². The third kappa shape index (κ3) is 4.56. The Labute approximate surface area is 166 Å². The zero-order valence-corrected chi connectivity index (χ0v) is 15.9. The smallest absolute Gasteiger partial charge is 0.328 e. The number of carbonyl (C=O) groups excluding carboxylic acids is 2. The van der Waals surface area contributed by atoms with Gasteiger partial charge in [0, 0.05) is 28.0 Å². The summed E-state index contributed by atoms with van der Waals surface area (Å²) in [5, 5.41) is 4.43. The van der Waals surface area contributed by atoms with Gasteiger partial charge in [0.2, 0.25) is 0 Å². The topological polar surface area (TPSA) is 68.3 Å². The van der Waals surface area contributed by atoms with Crippen LogP contribution < -0.4 is 5.32 Å². The third-order valence-corrected chi connectivity index (χ3v) is 4.67. The first kappa shape index (κ1) is 19.1. The van der Waals surface area contributed by atoms with Gasteiger partial charge in [-0.3, -0.25) is 9.78 Å². The van der Waals surface area contributed by atoms with Crippen molar-refractivity contribution in [2.24, 2.45) is 0 Å². The van der Waals surface area contributed by atoms with Crippen LogP contribution in [0.15, 0.2) is 54.7 Å². The van der Waals surface area contributed by atoms with Crippen LogP contribution in [-0.4, -0.2) is 30.0 Å². The second kappa shape index (κ2) is 8.37. The first-order valence-corrected chi connectivity index (χ1v) is 8.91. The van der Waals surface area contributed by atoms with E-state index in [1.54, 1.807) is 24.3 Å². The minimum Gasteiger partial charge on any atom is -0.467 e. The number of ether oxygens (including phenoxy) is 1. The molecule has 3 aromatic rings. The highest BCUT2D eigenvalue weighted by atomic mass is 35.5. The van der Waals surface area contributed by atoms with Gasteiger partial charge in [-0.1, -0.05) is 47.5 Å². The Kier molecular flexibility index (Phi) is 5.94. The van der Waals surface area contributed by atoms with Crippen molar-refractivity contribution in [3.63, 3.8) is 0 Å². The fourth-order valence-electron chi connectivity index (χ4n) is 2.68. The van der Waals surface area contributed by atoms with E-state index in [1.165, 1.54) is 13.3 Å². The van der Waals surface area contributed by atoms with Gasteiger partial charge in [0.1, 0.15) is 6.04 Å². The molecule has 5 nitrogen and oxygen atoms in total. The lowest BCUT2D eigenvalue weighted by Crippen LogP contribution is -2.43. The van der Waals surface area contributed by atoms with Crippen LogP contribution in [-0.2, 0) is 16.0 Å². The Morgan fingerprint density at radius 3 is 2.67 bits per heavy atom. The average Bonchev–Trinajstić information content (AvgIpc) is 2.68. The Morgan fingerprint density at radius 2 is 1.93 bits per heavy atom. The maximum absolute atomic E-state index is 12.6. The molecule has 0 saturated heterocycles. The van der Waals surface area contributed by atoms with Crippen molar-refractivity contribution < 1.29 is 14.3 Å². The van der Waals surface area contributed by atoms with Crippen molar-refractivity contribution in [1.29, 1.82) is 0 Å². The summed E-state index contributed by atoms with van der Waals surface area (Å²) in [5.41, 5.74) is 1.81. The van der Waals surface area contributed by atoms with Gasteiger partial charge in [-0.2, -0.15) is 0 Å². The number of hydrogen-bond donors (Lipinski definition) is 1. The minimum absolute atomic E-state index is 0.176. The number of hydrogen-bond acceptors (Lipinski definition) is 4. The van der Waals surface area contributed by atoms with Crippen molar-refractivity contribution >= 4 is 46.0 Å². The number of amides is 1. The molecule has 1 N–H and O–H groups in total. The lowest BCUT2D eigenvalue weighted by molar-refractivity contribution is -0.142. The van der Waals surface area contributed by atoms with Crippen LogP contribution in [0, 0.1) is 0 Å². The molecule has 3 rings (SSSR count). The first-order valence-electron chi connectivity index (χ1n) is 8.15. The second-order valence-corrected chi connectivity index (χ2v) is 6.75. The molecule has 0 fully saturated rings. The summed E-state index contributed by atoms with van der Waals surface area (Å²) >= 11 is 12.1. The summed E-state index contributed by atoms with van der Waals surface area (Å²) in [5.74, 6) is -0.989. The van der Waals surface area contributed by atoms with Crippen LogP contribution >= 0.6 is 23.2 Å². The fraction of sp³-hybridized carbons (Fsp3) is 0.150. The predicted molar refractivity (Wildman–Crippen MR) is 105 cm³/mol. The molecule has 1 amide bonds. The van der Waals surface area contributed by atoms with E-state index < -0.39 is 17.9 Å². The predicted octanol–water partition coefficient (Wildman–Crippen LogP) is 4.06. The number of fused-ring (bicyclic) bond motifs is 1. The molecule has 1 heterocycles. The fourth-order valence-corrected chi connectivity index (χ4v) is 3.17. The summed E-state index contributed by atoms with van der Waals surface area (Å²) < 4.78 is 4.82. The average molecular weight is 403 g/mol. The highest BCUT2D eigenvalue weighted by Crippen LogP contribution is 2.22. The molecule has 0 aliphatic heterocycles.